The smallest absolute Gasteiger partial charge is 0.223 e. The van der Waals surface area contributed by atoms with E-state index in [1.54, 1.807) is 11.0 Å². The van der Waals surface area contributed by atoms with Gasteiger partial charge in [-0.3, -0.25) is 9.59 Å². The summed E-state index contributed by atoms with van der Waals surface area (Å²) in [6.45, 7) is 5.21. The molecule has 2 fully saturated rings. The molecule has 194 valence electrons. The van der Waals surface area contributed by atoms with Crippen LogP contribution in [0.5, 0.6) is 5.75 Å². The summed E-state index contributed by atoms with van der Waals surface area (Å²) in [5.74, 6) is 0.934. The highest BCUT2D eigenvalue weighted by molar-refractivity contribution is 6.30. The van der Waals surface area contributed by atoms with Gasteiger partial charge in [0.2, 0.25) is 11.8 Å². The number of amides is 2. The standard InChI is InChI=1S/C29H38ClN3O3/c1-31(21-24-9-3-2-4-10-24)28(35)20-29(23-36-26-12-7-11-25(30)19-26)14-8-17-33(22-29)27(34)13-18-32-15-5-6-16-32/h2-4,7,9-12,19H,5-6,8,13-18,20-23H2,1H3/t29-/m1/s1. The number of carbonyl (C=O) groups excluding carboxylic acids is 2. The Morgan fingerprint density at radius 3 is 2.56 bits per heavy atom. The van der Waals surface area contributed by atoms with Crippen LogP contribution >= 0.6 is 11.6 Å². The predicted molar refractivity (Wildman–Crippen MR) is 143 cm³/mol. The summed E-state index contributed by atoms with van der Waals surface area (Å²) in [4.78, 5) is 32.7. The largest absolute Gasteiger partial charge is 0.493 e. The highest BCUT2D eigenvalue weighted by atomic mass is 35.5. The fourth-order valence-electron chi connectivity index (χ4n) is 5.35. The molecule has 0 N–H and O–H groups in total. The molecule has 0 saturated carbocycles. The first-order chi connectivity index (χ1) is 17.4. The van der Waals surface area contributed by atoms with Crippen molar-refractivity contribution in [3.63, 3.8) is 0 Å². The average molecular weight is 512 g/mol. The number of hydrogen-bond acceptors (Lipinski definition) is 4. The zero-order valence-corrected chi connectivity index (χ0v) is 22.1. The Bertz CT molecular complexity index is 1010. The number of carbonyl (C=O) groups is 2. The molecule has 2 amide bonds. The minimum atomic E-state index is -0.439. The summed E-state index contributed by atoms with van der Waals surface area (Å²) < 4.78 is 6.20. The number of hydrogen-bond donors (Lipinski definition) is 0. The number of halogens is 1. The van der Waals surface area contributed by atoms with Crippen molar-refractivity contribution in [2.24, 2.45) is 5.41 Å². The topological polar surface area (TPSA) is 53.1 Å². The van der Waals surface area contributed by atoms with E-state index in [2.05, 4.69) is 4.90 Å². The molecule has 7 heteroatoms. The zero-order valence-electron chi connectivity index (χ0n) is 21.3. The van der Waals surface area contributed by atoms with Gasteiger partial charge in [-0.2, -0.15) is 0 Å². The van der Waals surface area contributed by atoms with Crippen molar-refractivity contribution in [2.75, 3.05) is 46.4 Å². The van der Waals surface area contributed by atoms with E-state index in [4.69, 9.17) is 16.3 Å². The van der Waals surface area contributed by atoms with Crippen LogP contribution in [0, 0.1) is 5.41 Å². The van der Waals surface area contributed by atoms with Crippen molar-refractivity contribution in [3.05, 3.63) is 65.2 Å². The fourth-order valence-corrected chi connectivity index (χ4v) is 5.53. The second-order valence-electron chi connectivity index (χ2n) is 10.4. The predicted octanol–water partition coefficient (Wildman–Crippen LogP) is 4.86. The molecule has 2 heterocycles. The van der Waals surface area contributed by atoms with Crippen LogP contribution in [0.25, 0.3) is 0 Å². The van der Waals surface area contributed by atoms with Crippen LogP contribution in [-0.4, -0.2) is 72.9 Å². The maximum absolute atomic E-state index is 13.4. The van der Waals surface area contributed by atoms with E-state index in [-0.39, 0.29) is 11.8 Å². The van der Waals surface area contributed by atoms with Gasteiger partial charge in [0, 0.05) is 56.5 Å². The fraction of sp³-hybridized carbons (Fsp3) is 0.517. The lowest BCUT2D eigenvalue weighted by Crippen LogP contribution is -2.51. The maximum atomic E-state index is 13.4. The Hall–Kier alpha value is -2.57. The van der Waals surface area contributed by atoms with Crippen LogP contribution in [-0.2, 0) is 16.1 Å². The quantitative estimate of drug-likeness (QED) is 0.457. The molecular weight excluding hydrogens is 474 g/mol. The third-order valence-corrected chi connectivity index (χ3v) is 7.65. The molecule has 4 rings (SSSR count). The van der Waals surface area contributed by atoms with E-state index >= 15 is 0 Å². The molecule has 2 aliphatic heterocycles. The van der Waals surface area contributed by atoms with Crippen LogP contribution in [0.1, 0.15) is 44.1 Å². The number of rotatable bonds is 10. The molecule has 2 saturated heterocycles. The molecule has 0 unspecified atom stereocenters. The summed E-state index contributed by atoms with van der Waals surface area (Å²) >= 11 is 6.16. The molecule has 2 aromatic carbocycles. The minimum absolute atomic E-state index is 0.0694. The maximum Gasteiger partial charge on any atom is 0.223 e. The van der Waals surface area contributed by atoms with Gasteiger partial charge < -0.3 is 19.4 Å². The second kappa shape index (κ2) is 12.6. The van der Waals surface area contributed by atoms with Gasteiger partial charge in [0.05, 0.1) is 6.61 Å². The first-order valence-electron chi connectivity index (χ1n) is 13.1. The molecular formula is C29H38ClN3O3. The van der Waals surface area contributed by atoms with Crippen molar-refractivity contribution in [1.29, 1.82) is 0 Å². The molecule has 0 radical (unpaired) electrons. The van der Waals surface area contributed by atoms with E-state index in [0.717, 1.165) is 44.6 Å². The van der Waals surface area contributed by atoms with Crippen LogP contribution in [0.15, 0.2) is 54.6 Å². The van der Waals surface area contributed by atoms with Crippen molar-refractivity contribution >= 4 is 23.4 Å². The molecule has 2 aliphatic rings. The van der Waals surface area contributed by atoms with E-state index < -0.39 is 5.41 Å². The van der Waals surface area contributed by atoms with Gasteiger partial charge >= 0.3 is 0 Å². The SMILES string of the molecule is CN(Cc1ccccc1)C(=O)C[C@]1(COc2cccc(Cl)c2)CCCN(C(=O)CCN2CCCC2)C1. The minimum Gasteiger partial charge on any atom is -0.493 e. The summed E-state index contributed by atoms with van der Waals surface area (Å²) in [6, 6.07) is 17.4. The van der Waals surface area contributed by atoms with E-state index in [1.165, 1.54) is 12.8 Å². The highest BCUT2D eigenvalue weighted by Gasteiger charge is 2.40. The Kier molecular flexibility index (Phi) is 9.27. The van der Waals surface area contributed by atoms with Crippen molar-refractivity contribution < 1.29 is 14.3 Å². The molecule has 0 spiro atoms. The van der Waals surface area contributed by atoms with Crippen LogP contribution in [0.4, 0.5) is 0 Å². The van der Waals surface area contributed by atoms with Crippen LogP contribution < -0.4 is 4.74 Å². The van der Waals surface area contributed by atoms with Crippen LogP contribution in [0.2, 0.25) is 5.02 Å². The van der Waals surface area contributed by atoms with Gasteiger partial charge in [-0.25, -0.2) is 0 Å². The highest BCUT2D eigenvalue weighted by Crippen LogP contribution is 2.36. The molecule has 1 atom stereocenters. The van der Waals surface area contributed by atoms with Crippen LogP contribution in [0.3, 0.4) is 0 Å². The monoisotopic (exact) mass is 511 g/mol. The Labute approximate surface area is 220 Å². The number of benzene rings is 2. The molecule has 0 bridgehead atoms. The van der Waals surface area contributed by atoms with Crippen molar-refractivity contribution in [3.8, 4) is 5.75 Å². The Morgan fingerprint density at radius 2 is 1.81 bits per heavy atom. The van der Waals surface area contributed by atoms with E-state index in [9.17, 15) is 9.59 Å². The number of ether oxygens (including phenoxy) is 1. The lowest BCUT2D eigenvalue weighted by atomic mass is 9.77. The average Bonchev–Trinajstić information content (AvgIpc) is 3.41. The van der Waals surface area contributed by atoms with Crippen molar-refractivity contribution in [2.45, 2.75) is 45.1 Å². The van der Waals surface area contributed by atoms with Gasteiger partial charge in [0.25, 0.3) is 0 Å². The molecule has 0 aromatic heterocycles. The molecule has 2 aromatic rings. The molecule has 36 heavy (non-hydrogen) atoms. The Morgan fingerprint density at radius 1 is 1.03 bits per heavy atom. The zero-order chi connectivity index (χ0) is 25.4. The van der Waals surface area contributed by atoms with Gasteiger partial charge in [-0.15, -0.1) is 0 Å². The summed E-state index contributed by atoms with van der Waals surface area (Å²) in [6.07, 6.45) is 5.03. The Balaban J connectivity index is 1.44. The lowest BCUT2D eigenvalue weighted by Gasteiger charge is -2.43. The number of likely N-dealkylation sites (tertiary alicyclic amines) is 2. The third kappa shape index (κ3) is 7.47. The van der Waals surface area contributed by atoms with Gasteiger partial charge in [0.15, 0.2) is 0 Å². The molecule has 6 nitrogen and oxygen atoms in total. The van der Waals surface area contributed by atoms with E-state index in [0.29, 0.717) is 43.3 Å². The summed E-state index contributed by atoms with van der Waals surface area (Å²) in [5.41, 5.74) is 0.659. The summed E-state index contributed by atoms with van der Waals surface area (Å²) in [5, 5.41) is 0.614. The number of nitrogens with zero attached hydrogens (tertiary/aromatic N) is 3. The lowest BCUT2D eigenvalue weighted by molar-refractivity contribution is -0.141. The van der Waals surface area contributed by atoms with E-state index in [1.807, 2.05) is 60.5 Å². The molecule has 0 aliphatic carbocycles. The van der Waals surface area contributed by atoms with Gasteiger partial charge in [0.1, 0.15) is 5.75 Å². The normalized spacial score (nSPS) is 20.3. The van der Waals surface area contributed by atoms with Gasteiger partial charge in [-0.05, 0) is 62.5 Å². The van der Waals surface area contributed by atoms with Gasteiger partial charge in [-0.1, -0.05) is 48.0 Å². The second-order valence-corrected chi connectivity index (χ2v) is 10.8. The summed E-state index contributed by atoms with van der Waals surface area (Å²) in [7, 11) is 1.85. The first kappa shape index (κ1) is 26.5. The third-order valence-electron chi connectivity index (χ3n) is 7.41. The van der Waals surface area contributed by atoms with Crippen molar-refractivity contribution in [1.82, 2.24) is 14.7 Å². The first-order valence-corrected chi connectivity index (χ1v) is 13.5. The number of piperidine rings is 1.